The highest BCUT2D eigenvalue weighted by Gasteiger charge is 2.14. The van der Waals surface area contributed by atoms with Crippen molar-refractivity contribution in [2.75, 3.05) is 38.3 Å². The molecule has 0 spiro atoms. The average Bonchev–Trinajstić information content (AvgIpc) is 2.71. The molecule has 7 nitrogen and oxygen atoms in total. The molecule has 2 heterocycles. The number of rotatable bonds is 7. The first-order chi connectivity index (χ1) is 13.1. The molecule has 1 aromatic heterocycles. The van der Waals surface area contributed by atoms with Crippen LogP contribution in [0.25, 0.3) is 0 Å². The molecule has 0 aliphatic carbocycles. The Balaban J connectivity index is 1.51. The molecule has 1 fully saturated rings. The third-order valence-electron chi connectivity index (χ3n) is 4.47. The predicted octanol–water partition coefficient (Wildman–Crippen LogP) is 1.88. The van der Waals surface area contributed by atoms with Gasteiger partial charge in [-0.2, -0.15) is 0 Å². The molecule has 1 N–H and O–H groups in total. The lowest BCUT2D eigenvalue weighted by Crippen LogP contribution is -2.37. The van der Waals surface area contributed by atoms with Gasteiger partial charge in [-0.3, -0.25) is 4.79 Å². The Bertz CT molecular complexity index is 758. The number of nitrogens with zero attached hydrogens (tertiary/aromatic N) is 3. The van der Waals surface area contributed by atoms with E-state index in [9.17, 15) is 4.79 Å². The van der Waals surface area contributed by atoms with Crippen molar-refractivity contribution in [2.24, 2.45) is 0 Å². The van der Waals surface area contributed by atoms with Crippen LogP contribution in [0.2, 0.25) is 0 Å². The number of carbonyl (C=O) groups is 1. The van der Waals surface area contributed by atoms with Crippen LogP contribution in [0.15, 0.2) is 30.3 Å². The monoisotopic (exact) mass is 370 g/mol. The van der Waals surface area contributed by atoms with Crippen LogP contribution in [0.5, 0.6) is 5.75 Å². The minimum atomic E-state index is -0.0103. The largest absolute Gasteiger partial charge is 0.497 e. The van der Waals surface area contributed by atoms with Crippen molar-refractivity contribution in [1.82, 2.24) is 15.3 Å². The molecule has 1 aliphatic heterocycles. The summed E-state index contributed by atoms with van der Waals surface area (Å²) in [5, 5.41) is 2.92. The number of anilines is 1. The summed E-state index contributed by atoms with van der Waals surface area (Å²) in [5.74, 6) is 2.34. The number of aryl methyl sites for hydroxylation is 2. The molecule has 1 saturated heterocycles. The van der Waals surface area contributed by atoms with Crippen molar-refractivity contribution in [2.45, 2.75) is 26.3 Å². The van der Waals surface area contributed by atoms with E-state index in [-0.39, 0.29) is 5.91 Å². The SMILES string of the molecule is COc1ccc(CCC(=O)NCc2nc(C)cc(N3CCOCC3)n2)cc1. The van der Waals surface area contributed by atoms with Crippen LogP contribution in [0.1, 0.15) is 23.5 Å². The lowest BCUT2D eigenvalue weighted by Gasteiger charge is -2.28. The van der Waals surface area contributed by atoms with Crippen LogP contribution in [-0.2, 0) is 22.5 Å². The van der Waals surface area contributed by atoms with Gasteiger partial charge in [0.2, 0.25) is 5.91 Å². The number of hydrogen-bond donors (Lipinski definition) is 1. The number of morpholine rings is 1. The second-order valence-electron chi connectivity index (χ2n) is 6.51. The summed E-state index contributed by atoms with van der Waals surface area (Å²) in [4.78, 5) is 23.4. The molecule has 1 amide bonds. The Hall–Kier alpha value is -2.67. The molecule has 0 unspecified atom stereocenters. The van der Waals surface area contributed by atoms with Gasteiger partial charge in [0.15, 0.2) is 0 Å². The zero-order valence-corrected chi connectivity index (χ0v) is 15.9. The van der Waals surface area contributed by atoms with E-state index in [0.29, 0.717) is 38.4 Å². The highest BCUT2D eigenvalue weighted by molar-refractivity contribution is 5.76. The van der Waals surface area contributed by atoms with E-state index in [1.165, 1.54) is 0 Å². The number of methoxy groups -OCH3 is 1. The molecule has 0 bridgehead atoms. The summed E-state index contributed by atoms with van der Waals surface area (Å²) in [6.07, 6.45) is 1.11. The lowest BCUT2D eigenvalue weighted by atomic mass is 10.1. The van der Waals surface area contributed by atoms with Gasteiger partial charge >= 0.3 is 0 Å². The minimum Gasteiger partial charge on any atom is -0.497 e. The Labute approximate surface area is 159 Å². The highest BCUT2D eigenvalue weighted by Crippen LogP contribution is 2.15. The molecule has 1 aromatic carbocycles. The predicted molar refractivity (Wildman–Crippen MR) is 103 cm³/mol. The van der Waals surface area contributed by atoms with Gasteiger partial charge in [-0.25, -0.2) is 9.97 Å². The van der Waals surface area contributed by atoms with Crippen LogP contribution >= 0.6 is 0 Å². The maximum atomic E-state index is 12.2. The van der Waals surface area contributed by atoms with E-state index >= 15 is 0 Å². The molecule has 27 heavy (non-hydrogen) atoms. The lowest BCUT2D eigenvalue weighted by molar-refractivity contribution is -0.121. The quantitative estimate of drug-likeness (QED) is 0.802. The fourth-order valence-corrected chi connectivity index (χ4v) is 2.96. The van der Waals surface area contributed by atoms with Crippen LogP contribution in [0.4, 0.5) is 5.82 Å². The molecule has 0 radical (unpaired) electrons. The van der Waals surface area contributed by atoms with Crippen molar-refractivity contribution < 1.29 is 14.3 Å². The molecular weight excluding hydrogens is 344 g/mol. The van der Waals surface area contributed by atoms with Gasteiger partial charge in [0.05, 0.1) is 26.9 Å². The third-order valence-corrected chi connectivity index (χ3v) is 4.47. The molecule has 0 atom stereocenters. The fourth-order valence-electron chi connectivity index (χ4n) is 2.96. The number of nitrogens with one attached hydrogen (secondary N) is 1. The van der Waals surface area contributed by atoms with Gasteiger partial charge in [-0.05, 0) is 31.0 Å². The van der Waals surface area contributed by atoms with Crippen LogP contribution < -0.4 is 15.0 Å². The van der Waals surface area contributed by atoms with Crippen molar-refractivity contribution in [3.63, 3.8) is 0 Å². The molecule has 1 aliphatic rings. The summed E-state index contributed by atoms with van der Waals surface area (Å²) < 4.78 is 10.5. The zero-order chi connectivity index (χ0) is 19.1. The minimum absolute atomic E-state index is 0.0103. The standard InChI is InChI=1S/C20H26N4O3/c1-15-13-19(24-9-11-27-12-10-24)23-18(22-15)14-21-20(25)8-5-16-3-6-17(26-2)7-4-16/h3-4,6-7,13H,5,8-12,14H2,1-2H3,(H,21,25). The van der Waals surface area contributed by atoms with Crippen LogP contribution in [0.3, 0.4) is 0 Å². The first kappa shape index (κ1) is 19.1. The first-order valence-corrected chi connectivity index (χ1v) is 9.21. The molecule has 3 rings (SSSR count). The van der Waals surface area contributed by atoms with Gasteiger partial charge in [0.25, 0.3) is 0 Å². The van der Waals surface area contributed by atoms with E-state index in [4.69, 9.17) is 9.47 Å². The highest BCUT2D eigenvalue weighted by atomic mass is 16.5. The van der Waals surface area contributed by atoms with Gasteiger partial charge in [0.1, 0.15) is 17.4 Å². The van der Waals surface area contributed by atoms with Gasteiger partial charge in [-0.1, -0.05) is 12.1 Å². The van der Waals surface area contributed by atoms with Gasteiger partial charge in [0, 0.05) is 31.3 Å². The molecule has 7 heteroatoms. The molecular formula is C20H26N4O3. The maximum Gasteiger partial charge on any atom is 0.220 e. The molecule has 2 aromatic rings. The Kier molecular flexibility index (Phi) is 6.59. The number of aromatic nitrogens is 2. The Morgan fingerprint density at radius 1 is 1.22 bits per heavy atom. The summed E-state index contributed by atoms with van der Waals surface area (Å²) in [6.45, 7) is 5.34. The van der Waals surface area contributed by atoms with Gasteiger partial charge in [-0.15, -0.1) is 0 Å². The summed E-state index contributed by atoms with van der Waals surface area (Å²) in [6, 6.07) is 9.73. The second kappa shape index (κ2) is 9.32. The normalized spacial score (nSPS) is 14.1. The third kappa shape index (κ3) is 5.65. The summed E-state index contributed by atoms with van der Waals surface area (Å²) in [7, 11) is 1.64. The van der Waals surface area contributed by atoms with Crippen molar-refractivity contribution >= 4 is 11.7 Å². The van der Waals surface area contributed by atoms with E-state index in [0.717, 1.165) is 35.9 Å². The first-order valence-electron chi connectivity index (χ1n) is 9.21. The van der Waals surface area contributed by atoms with Crippen LogP contribution in [-0.4, -0.2) is 49.3 Å². The molecule has 144 valence electrons. The summed E-state index contributed by atoms with van der Waals surface area (Å²) in [5.41, 5.74) is 2.00. The van der Waals surface area contributed by atoms with Gasteiger partial charge < -0.3 is 19.7 Å². The number of amides is 1. The number of ether oxygens (including phenoxy) is 2. The zero-order valence-electron chi connectivity index (χ0n) is 15.9. The summed E-state index contributed by atoms with van der Waals surface area (Å²) >= 11 is 0. The fraction of sp³-hybridized carbons (Fsp3) is 0.450. The van der Waals surface area contributed by atoms with E-state index in [1.807, 2.05) is 37.3 Å². The van der Waals surface area contributed by atoms with E-state index < -0.39 is 0 Å². The smallest absolute Gasteiger partial charge is 0.220 e. The Morgan fingerprint density at radius 3 is 2.67 bits per heavy atom. The maximum absolute atomic E-state index is 12.2. The van der Waals surface area contributed by atoms with E-state index in [1.54, 1.807) is 7.11 Å². The van der Waals surface area contributed by atoms with Crippen molar-refractivity contribution in [3.05, 3.63) is 47.4 Å². The van der Waals surface area contributed by atoms with Crippen molar-refractivity contribution in [3.8, 4) is 5.75 Å². The van der Waals surface area contributed by atoms with Crippen molar-refractivity contribution in [1.29, 1.82) is 0 Å². The van der Waals surface area contributed by atoms with E-state index in [2.05, 4.69) is 20.2 Å². The second-order valence-corrected chi connectivity index (χ2v) is 6.51. The number of benzene rings is 1. The molecule has 0 saturated carbocycles. The average molecular weight is 370 g/mol. The Morgan fingerprint density at radius 2 is 1.96 bits per heavy atom. The number of carbonyl (C=O) groups excluding carboxylic acids is 1. The topological polar surface area (TPSA) is 76.6 Å². The van der Waals surface area contributed by atoms with Crippen LogP contribution in [0, 0.1) is 6.92 Å². The number of hydrogen-bond acceptors (Lipinski definition) is 6.